The Morgan fingerprint density at radius 1 is 1.43 bits per heavy atom. The zero-order chi connectivity index (χ0) is 11.8. The van der Waals surface area contributed by atoms with Gasteiger partial charge in [-0.1, -0.05) is 0 Å². The van der Waals surface area contributed by atoms with Crippen molar-refractivity contribution in [2.24, 2.45) is 0 Å². The van der Waals surface area contributed by atoms with E-state index in [-0.39, 0.29) is 13.0 Å². The van der Waals surface area contributed by atoms with Gasteiger partial charge in [0.25, 0.3) is 0 Å². The lowest BCUT2D eigenvalue weighted by Gasteiger charge is -2.26. The van der Waals surface area contributed by atoms with Crippen molar-refractivity contribution in [3.63, 3.8) is 0 Å². The van der Waals surface area contributed by atoms with Crippen LogP contribution in [0.4, 0.5) is 0 Å². The number of rotatable bonds is 4. The van der Waals surface area contributed by atoms with Gasteiger partial charge in [0.1, 0.15) is 12.6 Å². The minimum atomic E-state index is -1.20. The standard InChI is InChI=1S/C7H15NO3.C2H6O/c1-8(2,3)5-6(9)4-7(10)11;1-2-3/h6,9H,4-5H2,1-3H3;3H,2H2,1H3. The lowest BCUT2D eigenvalue weighted by molar-refractivity contribution is -0.873. The van der Waals surface area contributed by atoms with Crippen molar-refractivity contribution in [3.05, 3.63) is 0 Å². The summed E-state index contributed by atoms with van der Waals surface area (Å²) >= 11 is 0. The summed E-state index contributed by atoms with van der Waals surface area (Å²) in [7, 11) is 5.66. The number of hydrogen-bond acceptors (Lipinski definition) is 4. The van der Waals surface area contributed by atoms with E-state index in [2.05, 4.69) is 0 Å². The molecule has 0 spiro atoms. The zero-order valence-corrected chi connectivity index (χ0v) is 9.36. The van der Waals surface area contributed by atoms with E-state index in [1.807, 2.05) is 21.1 Å². The second-order valence-corrected chi connectivity index (χ2v) is 4.02. The van der Waals surface area contributed by atoms with Crippen LogP contribution in [0.15, 0.2) is 0 Å². The molecule has 2 N–H and O–H groups in total. The predicted molar refractivity (Wildman–Crippen MR) is 51.3 cm³/mol. The summed E-state index contributed by atoms with van der Waals surface area (Å²) in [6.45, 7) is 2.36. The third-order valence-electron chi connectivity index (χ3n) is 1.16. The SMILES string of the molecule is CCO.C[N+](C)(C)CC(O)CC(=O)[O-]. The molecule has 0 saturated carbocycles. The Labute approximate surface area is 85.2 Å². The van der Waals surface area contributed by atoms with E-state index in [9.17, 15) is 9.90 Å². The Balaban J connectivity index is 0. The van der Waals surface area contributed by atoms with Crippen LogP contribution in [0.2, 0.25) is 0 Å². The monoisotopic (exact) mass is 207 g/mol. The molecule has 0 bridgehead atoms. The van der Waals surface area contributed by atoms with Crippen LogP contribution in [0.25, 0.3) is 0 Å². The Bertz CT molecular complexity index is 153. The van der Waals surface area contributed by atoms with E-state index in [0.29, 0.717) is 11.0 Å². The molecule has 5 nitrogen and oxygen atoms in total. The van der Waals surface area contributed by atoms with Crippen LogP contribution in [0.1, 0.15) is 13.3 Å². The van der Waals surface area contributed by atoms with Crippen LogP contribution >= 0.6 is 0 Å². The molecule has 1 atom stereocenters. The molecule has 0 aliphatic heterocycles. The fourth-order valence-corrected chi connectivity index (χ4v) is 0.889. The van der Waals surface area contributed by atoms with Crippen molar-refractivity contribution < 1.29 is 24.6 Å². The maximum absolute atomic E-state index is 10.0. The van der Waals surface area contributed by atoms with Crippen LogP contribution < -0.4 is 5.11 Å². The van der Waals surface area contributed by atoms with Crippen molar-refractivity contribution in [1.82, 2.24) is 0 Å². The summed E-state index contributed by atoms with van der Waals surface area (Å²) in [5, 5.41) is 26.7. The summed E-state index contributed by atoms with van der Waals surface area (Å²) in [5.74, 6) is -1.20. The van der Waals surface area contributed by atoms with Gasteiger partial charge in [-0.15, -0.1) is 0 Å². The molecule has 1 unspecified atom stereocenters. The molecule has 86 valence electrons. The van der Waals surface area contributed by atoms with Gasteiger partial charge < -0.3 is 24.6 Å². The molecule has 0 radical (unpaired) electrons. The molecule has 0 aromatic carbocycles. The fourth-order valence-electron chi connectivity index (χ4n) is 0.889. The number of aliphatic carboxylic acids is 1. The highest BCUT2D eigenvalue weighted by molar-refractivity contribution is 5.64. The number of carbonyl (C=O) groups excluding carboxylic acids is 1. The lowest BCUT2D eigenvalue weighted by Crippen LogP contribution is -2.43. The predicted octanol–water partition coefficient (Wildman–Crippen LogP) is -1.81. The summed E-state index contributed by atoms with van der Waals surface area (Å²) in [5.41, 5.74) is 0. The highest BCUT2D eigenvalue weighted by Crippen LogP contribution is 1.97. The molecule has 0 aromatic rings. The first-order valence-corrected chi connectivity index (χ1v) is 4.52. The lowest BCUT2D eigenvalue weighted by atomic mass is 10.2. The Hall–Kier alpha value is -0.650. The summed E-state index contributed by atoms with van der Waals surface area (Å²) in [6, 6.07) is 0. The van der Waals surface area contributed by atoms with Crippen LogP contribution in [-0.2, 0) is 4.79 Å². The van der Waals surface area contributed by atoms with Gasteiger partial charge in [-0.2, -0.15) is 0 Å². The number of hydrogen-bond donors (Lipinski definition) is 2. The van der Waals surface area contributed by atoms with Gasteiger partial charge in [0.2, 0.25) is 0 Å². The van der Waals surface area contributed by atoms with E-state index < -0.39 is 12.1 Å². The van der Waals surface area contributed by atoms with E-state index in [1.54, 1.807) is 6.92 Å². The second-order valence-electron chi connectivity index (χ2n) is 4.02. The van der Waals surface area contributed by atoms with Crippen molar-refractivity contribution in [2.45, 2.75) is 19.4 Å². The molecule has 0 aliphatic rings. The number of likely N-dealkylation sites (N-methyl/N-ethyl adjacent to an activating group) is 1. The molecule has 5 heteroatoms. The first-order valence-electron chi connectivity index (χ1n) is 4.52. The minimum Gasteiger partial charge on any atom is -0.550 e. The van der Waals surface area contributed by atoms with E-state index >= 15 is 0 Å². The van der Waals surface area contributed by atoms with Crippen molar-refractivity contribution >= 4 is 5.97 Å². The number of aliphatic hydroxyl groups is 2. The Morgan fingerprint density at radius 2 is 1.79 bits per heavy atom. The van der Waals surface area contributed by atoms with E-state index in [0.717, 1.165) is 0 Å². The Morgan fingerprint density at radius 3 is 2.00 bits per heavy atom. The van der Waals surface area contributed by atoms with Crippen LogP contribution in [0, 0.1) is 0 Å². The van der Waals surface area contributed by atoms with E-state index in [4.69, 9.17) is 10.2 Å². The molecule has 0 amide bonds. The number of aliphatic hydroxyl groups excluding tert-OH is 2. The maximum atomic E-state index is 10.0. The Kier molecular flexibility index (Phi) is 8.72. The summed E-state index contributed by atoms with van der Waals surface area (Å²) < 4.78 is 0.550. The number of carboxylic acids is 1. The molecule has 0 aliphatic carbocycles. The molecule has 0 saturated heterocycles. The smallest absolute Gasteiger partial charge is 0.108 e. The van der Waals surface area contributed by atoms with Gasteiger partial charge in [-0.3, -0.25) is 0 Å². The molecule has 0 heterocycles. The number of carbonyl (C=O) groups is 1. The normalized spacial score (nSPS) is 12.7. The van der Waals surface area contributed by atoms with Gasteiger partial charge in [-0.05, 0) is 6.92 Å². The third kappa shape index (κ3) is 17.4. The van der Waals surface area contributed by atoms with Gasteiger partial charge in [0.15, 0.2) is 0 Å². The highest BCUT2D eigenvalue weighted by atomic mass is 16.4. The molecular formula is C9H21NO4. The molecule has 0 aromatic heterocycles. The van der Waals surface area contributed by atoms with Gasteiger partial charge in [0, 0.05) is 19.0 Å². The molecule has 0 rings (SSSR count). The zero-order valence-electron chi connectivity index (χ0n) is 9.36. The van der Waals surface area contributed by atoms with Gasteiger partial charge in [-0.25, -0.2) is 0 Å². The fraction of sp³-hybridized carbons (Fsp3) is 0.889. The minimum absolute atomic E-state index is 0.250. The van der Waals surface area contributed by atoms with Crippen LogP contribution in [0.3, 0.4) is 0 Å². The third-order valence-corrected chi connectivity index (χ3v) is 1.16. The molecule has 0 fully saturated rings. The topological polar surface area (TPSA) is 80.6 Å². The average Bonchev–Trinajstić information content (AvgIpc) is 1.80. The molecular weight excluding hydrogens is 186 g/mol. The van der Waals surface area contributed by atoms with Crippen molar-refractivity contribution in [2.75, 3.05) is 34.3 Å². The van der Waals surface area contributed by atoms with Gasteiger partial charge in [0.05, 0.1) is 21.1 Å². The first kappa shape index (κ1) is 15.8. The highest BCUT2D eigenvalue weighted by Gasteiger charge is 2.14. The summed E-state index contributed by atoms with van der Waals surface area (Å²) in [4.78, 5) is 10.0. The second kappa shape index (κ2) is 7.73. The number of quaternary nitrogens is 1. The van der Waals surface area contributed by atoms with Crippen molar-refractivity contribution in [1.29, 1.82) is 0 Å². The average molecular weight is 207 g/mol. The largest absolute Gasteiger partial charge is 0.550 e. The summed E-state index contributed by atoms with van der Waals surface area (Å²) in [6.07, 6.45) is -1.09. The van der Waals surface area contributed by atoms with Crippen LogP contribution in [-0.4, -0.2) is 61.1 Å². The maximum Gasteiger partial charge on any atom is 0.108 e. The van der Waals surface area contributed by atoms with Crippen LogP contribution in [0.5, 0.6) is 0 Å². The first-order chi connectivity index (χ1) is 6.22. The van der Waals surface area contributed by atoms with E-state index in [1.165, 1.54) is 0 Å². The molecule has 14 heavy (non-hydrogen) atoms. The van der Waals surface area contributed by atoms with Gasteiger partial charge >= 0.3 is 0 Å². The van der Waals surface area contributed by atoms with Crippen molar-refractivity contribution in [3.8, 4) is 0 Å². The number of carboxylic acid groups (broad SMARTS) is 1. The number of nitrogens with zero attached hydrogens (tertiary/aromatic N) is 1. The quantitative estimate of drug-likeness (QED) is 0.533.